The predicted octanol–water partition coefficient (Wildman–Crippen LogP) is 3.12. The number of rotatable bonds is 7. The van der Waals surface area contributed by atoms with Crippen LogP contribution < -0.4 is 10.6 Å². The fourth-order valence-corrected chi connectivity index (χ4v) is 3.57. The second kappa shape index (κ2) is 8.73. The summed E-state index contributed by atoms with van der Waals surface area (Å²) < 4.78 is 0. The van der Waals surface area contributed by atoms with Gasteiger partial charge < -0.3 is 10.6 Å². The lowest BCUT2D eigenvalue weighted by atomic mass is 10.1. The summed E-state index contributed by atoms with van der Waals surface area (Å²) in [4.78, 5) is 42.7. The molecule has 4 amide bonds. The Morgan fingerprint density at radius 1 is 1.03 bits per heavy atom. The summed E-state index contributed by atoms with van der Waals surface area (Å²) in [5, 5.41) is 6.42. The number of carbonyl (C=O) groups is 3. The minimum atomic E-state index is -0.673. The number of nitrogens with zero attached hydrogens (tertiary/aromatic N) is 2. The molecule has 1 fully saturated rings. The first kappa shape index (κ1) is 19.6. The number of anilines is 1. The molecule has 2 N–H and O–H groups in total. The second-order valence-electron chi connectivity index (χ2n) is 7.19. The van der Waals surface area contributed by atoms with E-state index < -0.39 is 12.1 Å². The molecule has 0 aliphatic carbocycles. The summed E-state index contributed by atoms with van der Waals surface area (Å²) in [5.41, 5.74) is 2.53. The molecular formula is C23H22N4O3. The SMILES string of the molecule is O=C(CC[C@H]1NC(=O)N(CCc2ccccc2)C1=O)Nc1cccc2ncccc12. The Bertz CT molecular complexity index is 1080. The Morgan fingerprint density at radius 3 is 2.70 bits per heavy atom. The van der Waals surface area contributed by atoms with Crippen molar-refractivity contribution in [3.8, 4) is 0 Å². The lowest BCUT2D eigenvalue weighted by molar-refractivity contribution is -0.127. The number of carbonyl (C=O) groups excluding carboxylic acids is 3. The molecule has 0 spiro atoms. The summed E-state index contributed by atoms with van der Waals surface area (Å²) in [6, 6.07) is 17.9. The van der Waals surface area contributed by atoms with Crippen LogP contribution in [0.1, 0.15) is 18.4 Å². The zero-order valence-electron chi connectivity index (χ0n) is 16.4. The normalized spacial score (nSPS) is 16.0. The number of nitrogens with one attached hydrogen (secondary N) is 2. The number of urea groups is 1. The molecule has 0 bridgehead atoms. The Labute approximate surface area is 174 Å². The highest BCUT2D eigenvalue weighted by Crippen LogP contribution is 2.22. The number of pyridine rings is 1. The maximum atomic E-state index is 12.6. The average molecular weight is 402 g/mol. The number of imide groups is 1. The van der Waals surface area contributed by atoms with Gasteiger partial charge in [0.15, 0.2) is 0 Å². The molecule has 7 heteroatoms. The van der Waals surface area contributed by atoms with Crippen LogP contribution in [0.15, 0.2) is 66.9 Å². The van der Waals surface area contributed by atoms with Gasteiger partial charge in [-0.1, -0.05) is 36.4 Å². The van der Waals surface area contributed by atoms with Gasteiger partial charge in [-0.2, -0.15) is 0 Å². The number of hydrogen-bond donors (Lipinski definition) is 2. The van der Waals surface area contributed by atoms with Crippen molar-refractivity contribution < 1.29 is 14.4 Å². The van der Waals surface area contributed by atoms with Gasteiger partial charge in [-0.3, -0.25) is 19.5 Å². The molecule has 2 aromatic carbocycles. The third-order valence-electron chi connectivity index (χ3n) is 5.15. The molecule has 7 nitrogen and oxygen atoms in total. The third kappa shape index (κ3) is 4.30. The van der Waals surface area contributed by atoms with E-state index in [0.29, 0.717) is 18.7 Å². The van der Waals surface area contributed by atoms with Crippen LogP contribution in [0, 0.1) is 0 Å². The Hall–Kier alpha value is -3.74. The molecule has 1 aliphatic rings. The quantitative estimate of drug-likeness (QED) is 0.594. The molecule has 152 valence electrons. The van der Waals surface area contributed by atoms with Crippen molar-refractivity contribution in [2.45, 2.75) is 25.3 Å². The highest BCUT2D eigenvalue weighted by molar-refractivity contribution is 6.05. The fourth-order valence-electron chi connectivity index (χ4n) is 3.57. The first-order chi connectivity index (χ1) is 14.6. The Kier molecular flexibility index (Phi) is 5.70. The molecule has 1 aliphatic heterocycles. The first-order valence-corrected chi connectivity index (χ1v) is 9.91. The molecule has 1 aromatic heterocycles. The molecular weight excluding hydrogens is 380 g/mol. The maximum absolute atomic E-state index is 12.6. The monoisotopic (exact) mass is 402 g/mol. The van der Waals surface area contributed by atoms with Gasteiger partial charge in [-0.25, -0.2) is 4.79 Å². The van der Waals surface area contributed by atoms with Crippen molar-refractivity contribution in [2.24, 2.45) is 0 Å². The number of hydrogen-bond acceptors (Lipinski definition) is 4. The van der Waals surface area contributed by atoms with E-state index >= 15 is 0 Å². The second-order valence-corrected chi connectivity index (χ2v) is 7.19. The van der Waals surface area contributed by atoms with E-state index in [4.69, 9.17) is 0 Å². The minimum absolute atomic E-state index is 0.125. The largest absolute Gasteiger partial charge is 0.326 e. The number of fused-ring (bicyclic) bond motifs is 1. The highest BCUT2D eigenvalue weighted by atomic mass is 16.2. The summed E-state index contributed by atoms with van der Waals surface area (Å²) in [5.74, 6) is -0.491. The van der Waals surface area contributed by atoms with Crippen LogP contribution in [0.4, 0.5) is 10.5 Å². The van der Waals surface area contributed by atoms with Crippen molar-refractivity contribution in [1.29, 1.82) is 0 Å². The molecule has 0 saturated carbocycles. The van der Waals surface area contributed by atoms with Gasteiger partial charge in [0, 0.05) is 24.5 Å². The molecule has 1 saturated heterocycles. The van der Waals surface area contributed by atoms with Gasteiger partial charge in [0.25, 0.3) is 5.91 Å². The van der Waals surface area contributed by atoms with Crippen LogP contribution in [0.3, 0.4) is 0 Å². The molecule has 2 heterocycles. The summed E-state index contributed by atoms with van der Waals surface area (Å²) >= 11 is 0. The van der Waals surface area contributed by atoms with Gasteiger partial charge >= 0.3 is 6.03 Å². The summed E-state index contributed by atoms with van der Waals surface area (Å²) in [6.45, 7) is 0.320. The van der Waals surface area contributed by atoms with E-state index in [1.165, 1.54) is 4.90 Å². The van der Waals surface area contributed by atoms with Crippen molar-refractivity contribution in [3.63, 3.8) is 0 Å². The molecule has 0 unspecified atom stereocenters. The van der Waals surface area contributed by atoms with E-state index in [1.807, 2.05) is 60.7 Å². The lowest BCUT2D eigenvalue weighted by Crippen LogP contribution is -2.33. The predicted molar refractivity (Wildman–Crippen MR) is 114 cm³/mol. The molecule has 4 rings (SSSR count). The smallest absolute Gasteiger partial charge is 0.324 e. The van der Waals surface area contributed by atoms with E-state index in [9.17, 15) is 14.4 Å². The van der Waals surface area contributed by atoms with E-state index in [1.54, 1.807) is 6.20 Å². The van der Waals surface area contributed by atoms with Gasteiger partial charge in [-0.05, 0) is 42.7 Å². The zero-order chi connectivity index (χ0) is 20.9. The van der Waals surface area contributed by atoms with Crippen LogP contribution in [-0.2, 0) is 16.0 Å². The van der Waals surface area contributed by atoms with Crippen molar-refractivity contribution in [2.75, 3.05) is 11.9 Å². The van der Waals surface area contributed by atoms with Crippen LogP contribution in [0.25, 0.3) is 10.9 Å². The van der Waals surface area contributed by atoms with Gasteiger partial charge in [0.1, 0.15) is 6.04 Å². The lowest BCUT2D eigenvalue weighted by Gasteiger charge is -2.13. The third-order valence-corrected chi connectivity index (χ3v) is 5.15. The molecule has 3 aromatic rings. The van der Waals surface area contributed by atoms with Gasteiger partial charge in [0.2, 0.25) is 5.91 Å². The summed E-state index contributed by atoms with van der Waals surface area (Å²) in [7, 11) is 0. The van der Waals surface area contributed by atoms with Gasteiger partial charge in [0.05, 0.1) is 11.2 Å². The number of aromatic nitrogens is 1. The highest BCUT2D eigenvalue weighted by Gasteiger charge is 2.37. The van der Waals surface area contributed by atoms with Crippen molar-refractivity contribution >= 4 is 34.4 Å². The average Bonchev–Trinajstić information content (AvgIpc) is 3.04. The van der Waals surface area contributed by atoms with Crippen LogP contribution in [0.2, 0.25) is 0 Å². The van der Waals surface area contributed by atoms with E-state index in [0.717, 1.165) is 16.5 Å². The maximum Gasteiger partial charge on any atom is 0.324 e. The number of amides is 4. The minimum Gasteiger partial charge on any atom is -0.326 e. The van der Waals surface area contributed by atoms with Gasteiger partial charge in [-0.15, -0.1) is 0 Å². The standard InChI is InChI=1S/C23H22N4O3/c28-21(25-19-10-4-9-18-17(19)8-5-14-24-18)12-11-20-22(29)27(23(30)26-20)15-13-16-6-2-1-3-7-16/h1-10,14,20H,11-13,15H2,(H,25,28)(H,26,30)/t20-/m1/s1. The Morgan fingerprint density at radius 2 is 1.87 bits per heavy atom. The summed E-state index contributed by atoms with van der Waals surface area (Å²) in [6.07, 6.45) is 2.68. The van der Waals surface area contributed by atoms with Crippen LogP contribution in [-0.4, -0.2) is 40.3 Å². The zero-order valence-corrected chi connectivity index (χ0v) is 16.4. The molecule has 30 heavy (non-hydrogen) atoms. The van der Waals surface area contributed by atoms with E-state index in [2.05, 4.69) is 15.6 Å². The van der Waals surface area contributed by atoms with E-state index in [-0.39, 0.29) is 24.7 Å². The van der Waals surface area contributed by atoms with Crippen LogP contribution in [0.5, 0.6) is 0 Å². The van der Waals surface area contributed by atoms with Crippen molar-refractivity contribution in [1.82, 2.24) is 15.2 Å². The topological polar surface area (TPSA) is 91.4 Å². The fraction of sp³-hybridized carbons (Fsp3) is 0.217. The Balaban J connectivity index is 1.31. The number of benzene rings is 2. The first-order valence-electron chi connectivity index (χ1n) is 9.91. The van der Waals surface area contributed by atoms with Crippen LogP contribution >= 0.6 is 0 Å². The molecule has 0 radical (unpaired) electrons. The van der Waals surface area contributed by atoms with Crippen molar-refractivity contribution in [3.05, 3.63) is 72.4 Å². The molecule has 1 atom stereocenters.